The highest BCUT2D eigenvalue weighted by Crippen LogP contribution is 2.31. The molecular weight excluding hydrogens is 245 g/mol. The third-order valence-electron chi connectivity index (χ3n) is 2.80. The summed E-state index contributed by atoms with van der Waals surface area (Å²) in [5.41, 5.74) is 0.910. The van der Waals surface area contributed by atoms with Crippen LogP contribution in [0, 0.1) is 0 Å². The Balaban J connectivity index is 2.05. The lowest BCUT2D eigenvalue weighted by atomic mass is 10.0. The summed E-state index contributed by atoms with van der Waals surface area (Å²) in [4.78, 5) is 0. The van der Waals surface area contributed by atoms with Crippen LogP contribution in [0.3, 0.4) is 0 Å². The van der Waals surface area contributed by atoms with Crippen LogP contribution in [0.5, 0.6) is 0 Å². The van der Waals surface area contributed by atoms with Crippen LogP contribution in [0.15, 0.2) is 18.2 Å². The van der Waals surface area contributed by atoms with E-state index in [0.29, 0.717) is 22.2 Å². The molecule has 0 radical (unpaired) electrons. The van der Waals surface area contributed by atoms with Crippen LogP contribution < -0.4 is 5.32 Å². The van der Waals surface area contributed by atoms with Gasteiger partial charge in [-0.05, 0) is 31.9 Å². The zero-order valence-corrected chi connectivity index (χ0v) is 10.7. The third kappa shape index (κ3) is 2.82. The van der Waals surface area contributed by atoms with Crippen LogP contribution in [0.2, 0.25) is 10.0 Å². The van der Waals surface area contributed by atoms with Crippen molar-refractivity contribution in [3.8, 4) is 0 Å². The van der Waals surface area contributed by atoms with E-state index in [1.54, 1.807) is 6.07 Å². The standard InChI is InChI=1S/C12H15Cl2NO/c1-8-7-9(5-6-16-8)15-11-4-2-3-10(13)12(11)14/h2-4,8-9,15H,5-7H2,1H3. The molecule has 1 saturated heterocycles. The van der Waals surface area contributed by atoms with Gasteiger partial charge >= 0.3 is 0 Å². The molecule has 16 heavy (non-hydrogen) atoms. The summed E-state index contributed by atoms with van der Waals surface area (Å²) in [6.07, 6.45) is 2.32. The van der Waals surface area contributed by atoms with Crippen LogP contribution in [-0.2, 0) is 4.74 Å². The highest BCUT2D eigenvalue weighted by molar-refractivity contribution is 6.43. The molecule has 2 rings (SSSR count). The van der Waals surface area contributed by atoms with Crippen molar-refractivity contribution < 1.29 is 4.74 Å². The molecule has 0 aromatic heterocycles. The summed E-state index contributed by atoms with van der Waals surface area (Å²) in [5, 5.41) is 4.61. The van der Waals surface area contributed by atoms with Gasteiger partial charge in [0.05, 0.1) is 21.8 Å². The SMILES string of the molecule is CC1CC(Nc2cccc(Cl)c2Cl)CCO1. The van der Waals surface area contributed by atoms with Gasteiger partial charge in [0.2, 0.25) is 0 Å². The van der Waals surface area contributed by atoms with E-state index in [4.69, 9.17) is 27.9 Å². The molecule has 2 nitrogen and oxygen atoms in total. The van der Waals surface area contributed by atoms with Crippen molar-refractivity contribution in [2.24, 2.45) is 0 Å². The minimum atomic E-state index is 0.309. The summed E-state index contributed by atoms with van der Waals surface area (Å²) in [6.45, 7) is 2.89. The van der Waals surface area contributed by atoms with Gasteiger partial charge in [0, 0.05) is 12.6 Å². The second-order valence-corrected chi connectivity index (χ2v) is 4.93. The van der Waals surface area contributed by atoms with Crippen LogP contribution in [0.1, 0.15) is 19.8 Å². The molecule has 1 heterocycles. The average molecular weight is 260 g/mol. The molecule has 1 aromatic carbocycles. The van der Waals surface area contributed by atoms with Gasteiger partial charge in [-0.1, -0.05) is 29.3 Å². The second-order valence-electron chi connectivity index (χ2n) is 4.15. The Bertz CT molecular complexity index is 370. The highest BCUT2D eigenvalue weighted by atomic mass is 35.5. The molecular formula is C12H15Cl2NO. The Kier molecular flexibility index (Phi) is 3.95. The van der Waals surface area contributed by atoms with E-state index in [-0.39, 0.29) is 0 Å². The van der Waals surface area contributed by atoms with Gasteiger partial charge in [0.1, 0.15) is 0 Å². The molecule has 1 fully saturated rings. The van der Waals surface area contributed by atoms with Gasteiger partial charge < -0.3 is 10.1 Å². The smallest absolute Gasteiger partial charge is 0.0823 e. The quantitative estimate of drug-likeness (QED) is 0.868. The summed E-state index contributed by atoms with van der Waals surface area (Å²) >= 11 is 12.1. The Morgan fingerprint density at radius 1 is 1.38 bits per heavy atom. The Morgan fingerprint density at radius 3 is 2.94 bits per heavy atom. The summed E-state index contributed by atoms with van der Waals surface area (Å²) in [5.74, 6) is 0. The molecule has 88 valence electrons. The summed E-state index contributed by atoms with van der Waals surface area (Å²) in [7, 11) is 0. The number of ether oxygens (including phenoxy) is 1. The van der Waals surface area contributed by atoms with E-state index >= 15 is 0 Å². The van der Waals surface area contributed by atoms with E-state index < -0.39 is 0 Å². The lowest BCUT2D eigenvalue weighted by Gasteiger charge is -2.29. The maximum atomic E-state index is 6.12. The number of hydrogen-bond acceptors (Lipinski definition) is 2. The minimum Gasteiger partial charge on any atom is -0.381 e. The first-order chi connectivity index (χ1) is 7.66. The Hall–Kier alpha value is -0.440. The molecule has 2 unspecified atom stereocenters. The van der Waals surface area contributed by atoms with E-state index in [2.05, 4.69) is 12.2 Å². The number of benzene rings is 1. The minimum absolute atomic E-state index is 0.309. The van der Waals surface area contributed by atoms with Crippen molar-refractivity contribution in [3.63, 3.8) is 0 Å². The number of rotatable bonds is 2. The van der Waals surface area contributed by atoms with Gasteiger partial charge in [0.25, 0.3) is 0 Å². The van der Waals surface area contributed by atoms with Crippen LogP contribution in [0.4, 0.5) is 5.69 Å². The van der Waals surface area contributed by atoms with E-state index in [0.717, 1.165) is 25.1 Å². The molecule has 1 N–H and O–H groups in total. The molecule has 1 aliphatic heterocycles. The van der Waals surface area contributed by atoms with E-state index in [1.165, 1.54) is 0 Å². The first-order valence-electron chi connectivity index (χ1n) is 5.49. The molecule has 0 saturated carbocycles. The van der Waals surface area contributed by atoms with Gasteiger partial charge in [-0.25, -0.2) is 0 Å². The van der Waals surface area contributed by atoms with Crippen molar-refractivity contribution in [1.82, 2.24) is 0 Å². The van der Waals surface area contributed by atoms with Crippen LogP contribution in [0.25, 0.3) is 0 Å². The Morgan fingerprint density at radius 2 is 2.19 bits per heavy atom. The topological polar surface area (TPSA) is 21.3 Å². The number of nitrogens with one attached hydrogen (secondary N) is 1. The fourth-order valence-electron chi connectivity index (χ4n) is 1.96. The van der Waals surface area contributed by atoms with Gasteiger partial charge in [-0.2, -0.15) is 0 Å². The lowest BCUT2D eigenvalue weighted by molar-refractivity contribution is 0.0232. The van der Waals surface area contributed by atoms with E-state index in [1.807, 2.05) is 12.1 Å². The van der Waals surface area contributed by atoms with Crippen LogP contribution in [-0.4, -0.2) is 18.8 Å². The maximum Gasteiger partial charge on any atom is 0.0823 e. The first-order valence-corrected chi connectivity index (χ1v) is 6.24. The van der Waals surface area contributed by atoms with Gasteiger partial charge in [-0.3, -0.25) is 0 Å². The Labute approximate surface area is 106 Å². The molecule has 0 spiro atoms. The second kappa shape index (κ2) is 5.26. The molecule has 2 atom stereocenters. The van der Waals surface area contributed by atoms with Gasteiger partial charge in [0.15, 0.2) is 0 Å². The normalized spacial score (nSPS) is 25.4. The lowest BCUT2D eigenvalue weighted by Crippen LogP contribution is -2.32. The third-order valence-corrected chi connectivity index (χ3v) is 3.62. The fraction of sp³-hybridized carbons (Fsp3) is 0.500. The van der Waals surface area contributed by atoms with E-state index in [9.17, 15) is 0 Å². The average Bonchev–Trinajstić information content (AvgIpc) is 2.25. The maximum absolute atomic E-state index is 6.12. The number of anilines is 1. The van der Waals surface area contributed by atoms with Crippen molar-refractivity contribution in [3.05, 3.63) is 28.2 Å². The molecule has 1 aromatic rings. The fourth-order valence-corrected chi connectivity index (χ4v) is 2.32. The summed E-state index contributed by atoms with van der Waals surface area (Å²) < 4.78 is 5.50. The highest BCUT2D eigenvalue weighted by Gasteiger charge is 2.19. The molecule has 1 aliphatic rings. The molecule has 0 aliphatic carbocycles. The van der Waals surface area contributed by atoms with Crippen molar-refractivity contribution >= 4 is 28.9 Å². The molecule has 0 bridgehead atoms. The molecule has 0 amide bonds. The largest absolute Gasteiger partial charge is 0.381 e. The number of halogens is 2. The monoisotopic (exact) mass is 259 g/mol. The van der Waals surface area contributed by atoms with Crippen molar-refractivity contribution in [2.75, 3.05) is 11.9 Å². The number of hydrogen-bond donors (Lipinski definition) is 1. The predicted octanol–water partition coefficient (Wildman–Crippen LogP) is 3.97. The van der Waals surface area contributed by atoms with Crippen molar-refractivity contribution in [1.29, 1.82) is 0 Å². The predicted molar refractivity (Wildman–Crippen MR) is 68.5 cm³/mol. The van der Waals surface area contributed by atoms with Gasteiger partial charge in [-0.15, -0.1) is 0 Å². The van der Waals surface area contributed by atoms with Crippen molar-refractivity contribution in [2.45, 2.75) is 31.9 Å². The summed E-state index contributed by atoms with van der Waals surface area (Å²) in [6, 6.07) is 6.06. The van der Waals surface area contributed by atoms with Crippen LogP contribution >= 0.6 is 23.2 Å². The zero-order chi connectivity index (χ0) is 11.5. The zero-order valence-electron chi connectivity index (χ0n) is 9.17. The molecule has 4 heteroatoms. The first kappa shape index (κ1) is 12.0.